The molecule has 0 aliphatic carbocycles. The fourth-order valence-electron chi connectivity index (χ4n) is 2.70. The lowest BCUT2D eigenvalue weighted by molar-refractivity contribution is 0.0121. The summed E-state index contributed by atoms with van der Waals surface area (Å²) in [6.07, 6.45) is 0.679. The first-order valence-electron chi connectivity index (χ1n) is 6.28. The Bertz CT molecular complexity index is 519. The predicted octanol–water partition coefficient (Wildman–Crippen LogP) is 0.396. The second kappa shape index (κ2) is 4.34. The van der Waals surface area contributed by atoms with Gasteiger partial charge in [-0.05, 0) is 20.0 Å². The van der Waals surface area contributed by atoms with E-state index in [1.807, 2.05) is 0 Å². The van der Waals surface area contributed by atoms with Crippen LogP contribution in [0.1, 0.15) is 29.1 Å². The van der Waals surface area contributed by atoms with Gasteiger partial charge in [-0.3, -0.25) is 4.79 Å². The summed E-state index contributed by atoms with van der Waals surface area (Å²) in [6, 6.07) is 0.883. The highest BCUT2D eigenvalue weighted by Crippen LogP contribution is 2.33. The summed E-state index contributed by atoms with van der Waals surface area (Å²) < 4.78 is 10.3. The van der Waals surface area contributed by atoms with Gasteiger partial charge in [0.25, 0.3) is 0 Å². The summed E-state index contributed by atoms with van der Waals surface area (Å²) >= 11 is 0. The van der Waals surface area contributed by atoms with Gasteiger partial charge in [-0.2, -0.15) is 0 Å². The maximum absolute atomic E-state index is 12.4. The fourth-order valence-corrected chi connectivity index (χ4v) is 2.70. The van der Waals surface area contributed by atoms with Crippen molar-refractivity contribution in [2.24, 2.45) is 0 Å². The van der Waals surface area contributed by atoms with Crippen molar-refractivity contribution in [2.75, 3.05) is 13.1 Å². The van der Waals surface area contributed by atoms with Crippen LogP contribution in [0.2, 0.25) is 0 Å². The number of aryl methyl sites for hydroxylation is 1. The second-order valence-corrected chi connectivity index (χ2v) is 4.97. The summed E-state index contributed by atoms with van der Waals surface area (Å²) in [5.74, 6) is 0.303. The number of piperidine rings is 1. The lowest BCUT2D eigenvalue weighted by atomic mass is 9.82. The van der Waals surface area contributed by atoms with E-state index in [1.54, 1.807) is 13.0 Å². The molecule has 2 N–H and O–H groups in total. The lowest BCUT2D eigenvalue weighted by Gasteiger charge is -2.34. The SMILES string of the molecule is Cc1cc(C(=O)C2NC(=O)OC23CCNCC3)no1. The lowest BCUT2D eigenvalue weighted by Crippen LogP contribution is -2.54. The number of nitrogens with one attached hydrogen (secondary N) is 2. The van der Waals surface area contributed by atoms with Crippen molar-refractivity contribution in [3.05, 3.63) is 17.5 Å². The molecule has 3 heterocycles. The van der Waals surface area contributed by atoms with Crippen LogP contribution < -0.4 is 10.6 Å². The third-order valence-electron chi connectivity index (χ3n) is 3.68. The highest BCUT2D eigenvalue weighted by molar-refractivity contribution is 6.02. The normalized spacial score (nSPS) is 25.1. The van der Waals surface area contributed by atoms with Crippen molar-refractivity contribution in [1.82, 2.24) is 15.8 Å². The second-order valence-electron chi connectivity index (χ2n) is 4.97. The zero-order valence-electron chi connectivity index (χ0n) is 10.6. The molecule has 0 aromatic carbocycles. The summed E-state index contributed by atoms with van der Waals surface area (Å²) in [5, 5.41) is 9.51. The molecule has 3 rings (SSSR count). The summed E-state index contributed by atoms with van der Waals surface area (Å²) in [5.41, 5.74) is -0.530. The molecule has 0 radical (unpaired) electrons. The Morgan fingerprint density at radius 2 is 2.21 bits per heavy atom. The number of hydrogen-bond acceptors (Lipinski definition) is 6. The molecule has 7 nitrogen and oxygen atoms in total. The third kappa shape index (κ3) is 1.99. The molecule has 0 saturated carbocycles. The number of Topliss-reactive ketones (excluding diaryl/α,β-unsaturated/α-hetero) is 1. The van der Waals surface area contributed by atoms with Crippen molar-refractivity contribution < 1.29 is 18.8 Å². The number of aromatic nitrogens is 1. The standard InChI is InChI=1S/C12H15N3O4/c1-7-6-8(15-19-7)9(16)10-12(18-11(17)14-10)2-4-13-5-3-12/h6,10,13H,2-5H2,1H3,(H,14,17). The van der Waals surface area contributed by atoms with Crippen LogP contribution in [0.25, 0.3) is 0 Å². The van der Waals surface area contributed by atoms with Gasteiger partial charge in [-0.25, -0.2) is 4.79 Å². The van der Waals surface area contributed by atoms with Crippen LogP contribution in [-0.4, -0.2) is 41.8 Å². The van der Waals surface area contributed by atoms with E-state index in [-0.39, 0.29) is 11.5 Å². The molecule has 1 amide bonds. The van der Waals surface area contributed by atoms with Crippen LogP contribution in [0.5, 0.6) is 0 Å². The molecule has 2 aliphatic heterocycles. The highest BCUT2D eigenvalue weighted by Gasteiger charge is 2.53. The molecule has 1 aromatic heterocycles. The molecule has 1 aromatic rings. The van der Waals surface area contributed by atoms with E-state index >= 15 is 0 Å². The van der Waals surface area contributed by atoms with Crippen molar-refractivity contribution in [2.45, 2.75) is 31.4 Å². The minimum absolute atomic E-state index is 0.228. The number of rotatable bonds is 2. The molecule has 102 valence electrons. The maximum Gasteiger partial charge on any atom is 0.408 e. The van der Waals surface area contributed by atoms with Crippen molar-refractivity contribution in [1.29, 1.82) is 0 Å². The molecule has 7 heteroatoms. The zero-order chi connectivity index (χ0) is 13.5. The quantitative estimate of drug-likeness (QED) is 0.752. The van der Waals surface area contributed by atoms with Gasteiger partial charge in [0.2, 0.25) is 5.78 Å². The minimum Gasteiger partial charge on any atom is -0.440 e. The van der Waals surface area contributed by atoms with Crippen LogP contribution >= 0.6 is 0 Å². The Kier molecular flexibility index (Phi) is 2.78. The van der Waals surface area contributed by atoms with Gasteiger partial charge >= 0.3 is 6.09 Å². The molecule has 1 atom stereocenters. The monoisotopic (exact) mass is 265 g/mol. The van der Waals surface area contributed by atoms with Crippen LogP contribution in [0, 0.1) is 6.92 Å². The van der Waals surface area contributed by atoms with E-state index in [1.165, 1.54) is 0 Å². The molecule has 2 saturated heterocycles. The van der Waals surface area contributed by atoms with E-state index in [0.29, 0.717) is 18.6 Å². The number of nitrogens with zero attached hydrogens (tertiary/aromatic N) is 1. The van der Waals surface area contributed by atoms with Crippen LogP contribution in [0.15, 0.2) is 10.6 Å². The van der Waals surface area contributed by atoms with Crippen LogP contribution in [0.4, 0.5) is 4.79 Å². The Labute approximate surface area is 109 Å². The number of ether oxygens (including phenoxy) is 1. The smallest absolute Gasteiger partial charge is 0.408 e. The van der Waals surface area contributed by atoms with Gasteiger partial charge in [0, 0.05) is 18.9 Å². The number of carbonyl (C=O) groups is 2. The maximum atomic E-state index is 12.4. The van der Waals surface area contributed by atoms with Crippen LogP contribution in [0.3, 0.4) is 0 Å². The first kappa shape index (κ1) is 12.2. The zero-order valence-corrected chi connectivity index (χ0v) is 10.6. The Balaban J connectivity index is 1.89. The molecule has 1 unspecified atom stereocenters. The Morgan fingerprint density at radius 1 is 1.47 bits per heavy atom. The molecule has 19 heavy (non-hydrogen) atoms. The van der Waals surface area contributed by atoms with Gasteiger partial charge in [0.05, 0.1) is 0 Å². The van der Waals surface area contributed by atoms with E-state index in [0.717, 1.165) is 13.1 Å². The average molecular weight is 265 g/mol. The Morgan fingerprint density at radius 3 is 2.84 bits per heavy atom. The minimum atomic E-state index is -0.758. The van der Waals surface area contributed by atoms with Crippen molar-refractivity contribution in [3.8, 4) is 0 Å². The van der Waals surface area contributed by atoms with Gasteiger partial charge in [-0.1, -0.05) is 5.16 Å². The van der Waals surface area contributed by atoms with E-state index < -0.39 is 17.7 Å². The number of ketones is 1. The third-order valence-corrected chi connectivity index (χ3v) is 3.68. The van der Waals surface area contributed by atoms with Crippen LogP contribution in [-0.2, 0) is 4.74 Å². The topological polar surface area (TPSA) is 93.5 Å². The van der Waals surface area contributed by atoms with Gasteiger partial charge in [0.15, 0.2) is 5.69 Å². The number of hydrogen-bond donors (Lipinski definition) is 2. The van der Waals surface area contributed by atoms with Gasteiger partial charge < -0.3 is 19.9 Å². The molecular weight excluding hydrogens is 250 g/mol. The molecule has 2 aliphatic rings. The summed E-state index contributed by atoms with van der Waals surface area (Å²) in [4.78, 5) is 24.0. The van der Waals surface area contributed by atoms with Crippen molar-refractivity contribution in [3.63, 3.8) is 0 Å². The molecular formula is C12H15N3O4. The largest absolute Gasteiger partial charge is 0.440 e. The van der Waals surface area contributed by atoms with Gasteiger partial charge in [0.1, 0.15) is 17.4 Å². The molecule has 0 bridgehead atoms. The van der Waals surface area contributed by atoms with E-state index in [9.17, 15) is 9.59 Å². The fraction of sp³-hybridized carbons (Fsp3) is 0.583. The number of amides is 1. The first-order valence-corrected chi connectivity index (χ1v) is 6.28. The molecule has 2 fully saturated rings. The molecule has 1 spiro atoms. The Hall–Kier alpha value is -1.89. The van der Waals surface area contributed by atoms with Gasteiger partial charge in [-0.15, -0.1) is 0 Å². The van der Waals surface area contributed by atoms with E-state index in [2.05, 4.69) is 15.8 Å². The first-order chi connectivity index (χ1) is 9.11. The van der Waals surface area contributed by atoms with Crippen molar-refractivity contribution >= 4 is 11.9 Å². The summed E-state index contributed by atoms with van der Waals surface area (Å²) in [7, 11) is 0. The summed E-state index contributed by atoms with van der Waals surface area (Å²) in [6.45, 7) is 3.15. The predicted molar refractivity (Wildman–Crippen MR) is 63.8 cm³/mol. The number of alkyl carbamates (subject to hydrolysis) is 1. The highest BCUT2D eigenvalue weighted by atomic mass is 16.6. The average Bonchev–Trinajstić information content (AvgIpc) is 2.94. The van der Waals surface area contributed by atoms with E-state index in [4.69, 9.17) is 9.26 Å². The number of carbonyl (C=O) groups excluding carboxylic acids is 2.